The predicted octanol–water partition coefficient (Wildman–Crippen LogP) is 1.03. The molecular weight excluding hydrogens is 126 g/mol. The van der Waals surface area contributed by atoms with Crippen LogP contribution in [-0.2, 0) is 4.84 Å². The fourth-order valence-corrected chi connectivity index (χ4v) is 2.73. The quantitative estimate of drug-likeness (QED) is 0.497. The van der Waals surface area contributed by atoms with Crippen molar-refractivity contribution in [3.05, 3.63) is 0 Å². The third-order valence-electron chi connectivity index (χ3n) is 3.21. The smallest absolute Gasteiger partial charge is 0.0834 e. The van der Waals surface area contributed by atoms with Gasteiger partial charge in [0.2, 0.25) is 0 Å². The van der Waals surface area contributed by atoms with Crippen LogP contribution in [0.25, 0.3) is 0 Å². The maximum absolute atomic E-state index is 5.71. The Balaban J connectivity index is 1.94. The highest BCUT2D eigenvalue weighted by atomic mass is 16.7. The fourth-order valence-electron chi connectivity index (χ4n) is 2.73. The molecule has 3 bridgehead atoms. The second kappa shape index (κ2) is 1.74. The molecule has 0 aromatic carbocycles. The molecule has 2 heteroatoms. The Morgan fingerprint density at radius 3 is 3.20 bits per heavy atom. The summed E-state index contributed by atoms with van der Waals surface area (Å²) in [4.78, 5) is 5.71. The summed E-state index contributed by atoms with van der Waals surface area (Å²) >= 11 is 0. The van der Waals surface area contributed by atoms with E-state index in [2.05, 4.69) is 5.06 Å². The van der Waals surface area contributed by atoms with Crippen LogP contribution in [0.15, 0.2) is 0 Å². The molecule has 2 aliphatic heterocycles. The lowest BCUT2D eigenvalue weighted by atomic mass is 9.78. The minimum absolute atomic E-state index is 0.610. The molecule has 0 radical (unpaired) electrons. The van der Waals surface area contributed by atoms with Crippen LogP contribution in [0.1, 0.15) is 19.3 Å². The van der Waals surface area contributed by atoms with E-state index in [0.29, 0.717) is 6.10 Å². The summed E-state index contributed by atoms with van der Waals surface area (Å²) in [6.07, 6.45) is 4.80. The number of hydroxylamine groups is 2. The molecule has 3 fully saturated rings. The number of nitrogens with zero attached hydrogens (tertiary/aromatic N) is 1. The van der Waals surface area contributed by atoms with Crippen LogP contribution in [0.3, 0.4) is 0 Å². The Labute approximate surface area is 61.1 Å². The van der Waals surface area contributed by atoms with Crippen molar-refractivity contribution in [2.24, 2.45) is 11.8 Å². The Morgan fingerprint density at radius 1 is 1.20 bits per heavy atom. The minimum Gasteiger partial charge on any atom is -0.295 e. The first-order chi connectivity index (χ1) is 4.92. The third-order valence-corrected chi connectivity index (χ3v) is 3.21. The summed E-state index contributed by atoms with van der Waals surface area (Å²) in [5, 5.41) is 2.19. The van der Waals surface area contributed by atoms with Gasteiger partial charge in [-0.05, 0) is 25.2 Å². The van der Waals surface area contributed by atoms with Crippen LogP contribution in [0.4, 0.5) is 0 Å². The van der Waals surface area contributed by atoms with Crippen molar-refractivity contribution in [3.8, 4) is 0 Å². The van der Waals surface area contributed by atoms with E-state index in [9.17, 15) is 0 Å². The zero-order chi connectivity index (χ0) is 6.55. The number of rotatable bonds is 0. The second-order valence-electron chi connectivity index (χ2n) is 3.93. The predicted molar refractivity (Wildman–Crippen MR) is 37.3 cm³/mol. The van der Waals surface area contributed by atoms with Gasteiger partial charge in [0, 0.05) is 19.0 Å². The van der Waals surface area contributed by atoms with E-state index in [1.54, 1.807) is 0 Å². The molecule has 1 saturated carbocycles. The van der Waals surface area contributed by atoms with Crippen molar-refractivity contribution in [1.82, 2.24) is 5.06 Å². The van der Waals surface area contributed by atoms with Gasteiger partial charge in [0.05, 0.1) is 6.10 Å². The van der Waals surface area contributed by atoms with Gasteiger partial charge in [-0.15, -0.1) is 0 Å². The Morgan fingerprint density at radius 2 is 2.20 bits per heavy atom. The summed E-state index contributed by atoms with van der Waals surface area (Å²) in [5.41, 5.74) is 0. The van der Waals surface area contributed by atoms with Gasteiger partial charge in [-0.3, -0.25) is 4.84 Å². The number of hydrogen-bond donors (Lipinski definition) is 0. The van der Waals surface area contributed by atoms with Crippen molar-refractivity contribution in [2.45, 2.75) is 25.4 Å². The van der Waals surface area contributed by atoms with E-state index in [4.69, 9.17) is 4.84 Å². The van der Waals surface area contributed by atoms with Crippen molar-refractivity contribution >= 4 is 0 Å². The zero-order valence-electron chi connectivity index (χ0n) is 6.12. The third kappa shape index (κ3) is 0.611. The van der Waals surface area contributed by atoms with Crippen molar-refractivity contribution in [1.29, 1.82) is 0 Å². The number of piperidine rings is 1. The molecule has 4 unspecified atom stereocenters. The lowest BCUT2D eigenvalue weighted by Crippen LogP contribution is -2.35. The zero-order valence-corrected chi connectivity index (χ0v) is 6.12. The highest BCUT2D eigenvalue weighted by Crippen LogP contribution is 2.41. The maximum atomic E-state index is 5.71. The molecule has 2 nitrogen and oxygen atoms in total. The van der Waals surface area contributed by atoms with Gasteiger partial charge in [0.25, 0.3) is 0 Å². The summed E-state index contributed by atoms with van der Waals surface area (Å²) in [7, 11) is 0. The van der Waals surface area contributed by atoms with Gasteiger partial charge in [0.1, 0.15) is 0 Å². The highest BCUT2D eigenvalue weighted by Gasteiger charge is 2.44. The SMILES string of the molecule is C1CC2ON3CC1CC2C3. The van der Waals surface area contributed by atoms with Crippen LogP contribution in [0, 0.1) is 11.8 Å². The van der Waals surface area contributed by atoms with Gasteiger partial charge < -0.3 is 0 Å². The van der Waals surface area contributed by atoms with Crippen LogP contribution in [0.5, 0.6) is 0 Å². The number of fused-ring (bicyclic) bond motifs is 2. The standard InChI is InChI=1S/C8H13NO/c1-2-8-7-3-6(1)4-9(5-7)10-8/h6-8H,1-5H2. The molecule has 3 aliphatic rings. The van der Waals surface area contributed by atoms with Gasteiger partial charge in [-0.2, -0.15) is 5.06 Å². The van der Waals surface area contributed by atoms with Gasteiger partial charge in [-0.25, -0.2) is 0 Å². The molecule has 0 N–H and O–H groups in total. The van der Waals surface area contributed by atoms with Crippen LogP contribution < -0.4 is 0 Å². The van der Waals surface area contributed by atoms with E-state index in [-0.39, 0.29) is 0 Å². The van der Waals surface area contributed by atoms with Gasteiger partial charge in [-0.1, -0.05) is 0 Å². The average Bonchev–Trinajstić information content (AvgIpc) is 2.11. The van der Waals surface area contributed by atoms with E-state index in [1.165, 1.54) is 32.4 Å². The van der Waals surface area contributed by atoms with Crippen LogP contribution >= 0.6 is 0 Å². The molecule has 0 aromatic rings. The van der Waals surface area contributed by atoms with E-state index >= 15 is 0 Å². The lowest BCUT2D eigenvalue weighted by molar-refractivity contribution is -0.138. The molecule has 4 atom stereocenters. The Bertz CT molecular complexity index is 149. The molecule has 10 heavy (non-hydrogen) atoms. The lowest BCUT2D eigenvalue weighted by Gasteiger charge is -2.31. The van der Waals surface area contributed by atoms with Gasteiger partial charge in [0.15, 0.2) is 0 Å². The minimum atomic E-state index is 0.610. The fraction of sp³-hybridized carbons (Fsp3) is 1.00. The first kappa shape index (κ1) is 5.56. The molecule has 2 saturated heterocycles. The average molecular weight is 139 g/mol. The highest BCUT2D eigenvalue weighted by molar-refractivity contribution is 4.90. The largest absolute Gasteiger partial charge is 0.295 e. The molecule has 1 aliphatic carbocycles. The monoisotopic (exact) mass is 139 g/mol. The number of hydrogen-bond acceptors (Lipinski definition) is 2. The first-order valence-electron chi connectivity index (χ1n) is 4.33. The Hall–Kier alpha value is -0.0800. The van der Waals surface area contributed by atoms with Crippen LogP contribution in [-0.4, -0.2) is 24.3 Å². The Kier molecular flexibility index (Phi) is 0.968. The molecular formula is C8H13NO. The normalized spacial score (nSPS) is 57.6. The van der Waals surface area contributed by atoms with E-state index < -0.39 is 0 Å². The molecule has 2 heterocycles. The molecule has 3 rings (SSSR count). The summed E-state index contributed by atoms with van der Waals surface area (Å²) < 4.78 is 0. The molecule has 0 aromatic heterocycles. The second-order valence-corrected chi connectivity index (χ2v) is 3.93. The molecule has 0 spiro atoms. The van der Waals surface area contributed by atoms with E-state index in [0.717, 1.165) is 11.8 Å². The van der Waals surface area contributed by atoms with E-state index in [1.807, 2.05) is 0 Å². The summed E-state index contributed by atoms with van der Waals surface area (Å²) in [6, 6.07) is 0. The topological polar surface area (TPSA) is 12.5 Å². The maximum Gasteiger partial charge on any atom is 0.0834 e. The summed E-state index contributed by atoms with van der Waals surface area (Å²) in [5.74, 6) is 1.87. The molecule has 56 valence electrons. The van der Waals surface area contributed by atoms with Crippen LogP contribution in [0.2, 0.25) is 0 Å². The van der Waals surface area contributed by atoms with Crippen molar-refractivity contribution < 1.29 is 4.84 Å². The molecule has 0 amide bonds. The first-order valence-corrected chi connectivity index (χ1v) is 4.33. The van der Waals surface area contributed by atoms with Gasteiger partial charge >= 0.3 is 0 Å². The summed E-state index contributed by atoms with van der Waals surface area (Å²) in [6.45, 7) is 2.44. The van der Waals surface area contributed by atoms with Crippen molar-refractivity contribution in [2.75, 3.05) is 13.1 Å². The van der Waals surface area contributed by atoms with Crippen molar-refractivity contribution in [3.63, 3.8) is 0 Å².